The lowest BCUT2D eigenvalue weighted by Gasteiger charge is -2.48. The second kappa shape index (κ2) is 4.01. The summed E-state index contributed by atoms with van der Waals surface area (Å²) >= 11 is 6.14. The number of carbonyl (C=O) groups is 1. The van der Waals surface area contributed by atoms with E-state index in [0.717, 1.165) is 25.7 Å². The van der Waals surface area contributed by atoms with Gasteiger partial charge in [-0.1, -0.05) is 31.9 Å². The fourth-order valence-electron chi connectivity index (χ4n) is 3.62. The lowest BCUT2D eigenvalue weighted by atomic mass is 9.68. The van der Waals surface area contributed by atoms with E-state index < -0.39 is 5.66 Å². The molecule has 1 aliphatic carbocycles. The number of carbonyl (C=O) groups excluding carboxylic acids is 1. The minimum atomic E-state index is -0.715. The number of hydrogen-bond acceptors (Lipinski definition) is 3. The molecule has 1 fully saturated rings. The molecule has 1 unspecified atom stereocenters. The number of rotatable bonds is 0. The molecular formula is C14H18ClN3O2. The van der Waals surface area contributed by atoms with Gasteiger partial charge in [0.25, 0.3) is 11.5 Å². The number of nitrogens with zero attached hydrogens (tertiary/aromatic N) is 1. The van der Waals surface area contributed by atoms with Gasteiger partial charge in [0.05, 0.1) is 10.7 Å². The van der Waals surface area contributed by atoms with Crippen molar-refractivity contribution in [3.05, 3.63) is 27.1 Å². The smallest absolute Gasteiger partial charge is 0.276 e. The Morgan fingerprint density at radius 3 is 2.60 bits per heavy atom. The molecule has 0 bridgehead atoms. The van der Waals surface area contributed by atoms with E-state index in [4.69, 9.17) is 17.3 Å². The molecule has 0 saturated heterocycles. The van der Waals surface area contributed by atoms with Crippen LogP contribution in [-0.2, 0) is 5.66 Å². The Labute approximate surface area is 122 Å². The Hall–Kier alpha value is -1.49. The first kappa shape index (κ1) is 13.5. The van der Waals surface area contributed by atoms with Crippen LogP contribution in [0.25, 0.3) is 0 Å². The highest BCUT2D eigenvalue weighted by Gasteiger charge is 2.55. The maximum Gasteiger partial charge on any atom is 0.276 e. The molecule has 0 radical (unpaired) electrons. The van der Waals surface area contributed by atoms with Gasteiger partial charge in [0.15, 0.2) is 0 Å². The molecule has 1 aromatic rings. The molecule has 1 spiro atoms. The summed E-state index contributed by atoms with van der Waals surface area (Å²) in [5.41, 5.74) is 4.80. The predicted molar refractivity (Wildman–Crippen MR) is 77.8 cm³/mol. The molecule has 0 aromatic carbocycles. The zero-order valence-electron chi connectivity index (χ0n) is 11.6. The summed E-state index contributed by atoms with van der Waals surface area (Å²) < 4.78 is 1.51. The third kappa shape index (κ3) is 1.50. The second-order valence-corrected chi connectivity index (χ2v) is 6.75. The number of halogens is 1. The van der Waals surface area contributed by atoms with E-state index in [0.29, 0.717) is 0 Å². The topological polar surface area (TPSA) is 77.1 Å². The van der Waals surface area contributed by atoms with Gasteiger partial charge in [-0.05, 0) is 25.3 Å². The predicted octanol–water partition coefficient (Wildman–Crippen LogP) is 2.08. The first-order chi connectivity index (χ1) is 9.30. The van der Waals surface area contributed by atoms with Crippen LogP contribution in [0.3, 0.4) is 0 Å². The number of amides is 1. The zero-order valence-corrected chi connectivity index (χ0v) is 12.4. The lowest BCUT2D eigenvalue weighted by Crippen LogP contribution is -2.58. The molecule has 1 amide bonds. The summed E-state index contributed by atoms with van der Waals surface area (Å²) in [6, 6.07) is 1.37. The van der Waals surface area contributed by atoms with Crippen LogP contribution in [0.2, 0.25) is 5.02 Å². The maximum absolute atomic E-state index is 12.5. The highest BCUT2D eigenvalue weighted by Crippen LogP contribution is 2.49. The molecule has 3 rings (SSSR count). The second-order valence-electron chi connectivity index (χ2n) is 6.34. The molecule has 6 heteroatoms. The van der Waals surface area contributed by atoms with Crippen molar-refractivity contribution in [1.29, 1.82) is 0 Å². The summed E-state index contributed by atoms with van der Waals surface area (Å²) in [5.74, 6) is -0.290. The van der Waals surface area contributed by atoms with Gasteiger partial charge in [-0.2, -0.15) is 0 Å². The Bertz CT molecular complexity index is 665. The normalized spacial score (nSPS) is 27.4. The first-order valence-electron chi connectivity index (χ1n) is 6.84. The molecule has 1 aliphatic heterocycles. The van der Waals surface area contributed by atoms with Gasteiger partial charge in [0.2, 0.25) is 0 Å². The summed E-state index contributed by atoms with van der Waals surface area (Å²) in [7, 11) is 0. The summed E-state index contributed by atoms with van der Waals surface area (Å²) in [6.07, 6.45) is 3.71. The third-order valence-corrected chi connectivity index (χ3v) is 5.10. The monoisotopic (exact) mass is 295 g/mol. The number of nitrogen functional groups attached to an aromatic ring is 1. The average Bonchev–Trinajstić information content (AvgIpc) is 2.65. The Morgan fingerprint density at radius 1 is 1.30 bits per heavy atom. The van der Waals surface area contributed by atoms with Crippen molar-refractivity contribution in [1.82, 2.24) is 9.88 Å². The number of anilines is 1. The van der Waals surface area contributed by atoms with Gasteiger partial charge in [-0.3, -0.25) is 14.2 Å². The van der Waals surface area contributed by atoms with Crippen molar-refractivity contribution in [3.8, 4) is 0 Å². The number of nitrogens with two attached hydrogens (primary N) is 1. The van der Waals surface area contributed by atoms with Crippen molar-refractivity contribution >= 4 is 23.2 Å². The molecule has 1 saturated carbocycles. The minimum Gasteiger partial charge on any atom is -0.394 e. The molecule has 1 atom stereocenters. The van der Waals surface area contributed by atoms with Crippen molar-refractivity contribution < 1.29 is 4.79 Å². The Balaban J connectivity index is 2.36. The molecular weight excluding hydrogens is 278 g/mol. The van der Waals surface area contributed by atoms with E-state index in [2.05, 4.69) is 19.2 Å². The fraction of sp³-hybridized carbons (Fsp3) is 0.571. The van der Waals surface area contributed by atoms with E-state index in [-0.39, 0.29) is 33.3 Å². The number of fused-ring (bicyclic) bond motifs is 2. The van der Waals surface area contributed by atoms with Crippen molar-refractivity contribution in [2.45, 2.75) is 45.2 Å². The van der Waals surface area contributed by atoms with Gasteiger partial charge >= 0.3 is 0 Å². The molecule has 108 valence electrons. The number of aromatic nitrogens is 1. The molecule has 2 aliphatic rings. The summed E-state index contributed by atoms with van der Waals surface area (Å²) in [4.78, 5) is 24.8. The van der Waals surface area contributed by atoms with Gasteiger partial charge < -0.3 is 11.1 Å². The average molecular weight is 296 g/mol. The van der Waals surface area contributed by atoms with Crippen LogP contribution in [0.1, 0.15) is 50.0 Å². The first-order valence-corrected chi connectivity index (χ1v) is 7.22. The van der Waals surface area contributed by atoms with E-state index in [1.54, 1.807) is 0 Å². The van der Waals surface area contributed by atoms with Crippen LogP contribution in [0.4, 0.5) is 5.69 Å². The molecule has 20 heavy (non-hydrogen) atoms. The van der Waals surface area contributed by atoms with Crippen molar-refractivity contribution in [2.75, 3.05) is 5.73 Å². The van der Waals surface area contributed by atoms with Gasteiger partial charge in [-0.15, -0.1) is 0 Å². The van der Waals surface area contributed by atoms with Gasteiger partial charge in [-0.25, -0.2) is 0 Å². The lowest BCUT2D eigenvalue weighted by molar-refractivity contribution is 0.0100. The maximum atomic E-state index is 12.5. The summed E-state index contributed by atoms with van der Waals surface area (Å²) in [5, 5.41) is 3.25. The van der Waals surface area contributed by atoms with Crippen LogP contribution in [0.15, 0.2) is 10.9 Å². The number of nitrogens with one attached hydrogen (secondary N) is 1. The molecule has 5 nitrogen and oxygen atoms in total. The summed E-state index contributed by atoms with van der Waals surface area (Å²) in [6.45, 7) is 4.15. The van der Waals surface area contributed by atoms with Crippen LogP contribution in [-0.4, -0.2) is 10.5 Å². The third-order valence-electron chi connectivity index (χ3n) is 4.81. The van der Waals surface area contributed by atoms with E-state index in [1.807, 2.05) is 0 Å². The number of pyridine rings is 1. The molecule has 1 aromatic heterocycles. The number of hydrogen-bond donors (Lipinski definition) is 2. The van der Waals surface area contributed by atoms with Crippen LogP contribution >= 0.6 is 11.6 Å². The molecule has 3 N–H and O–H groups in total. The van der Waals surface area contributed by atoms with Gasteiger partial charge in [0, 0.05) is 5.41 Å². The van der Waals surface area contributed by atoms with E-state index >= 15 is 0 Å². The Kier molecular flexibility index (Phi) is 2.70. The standard InChI is InChI=1S/C14H18ClN3O2/c1-13(2)5-3-4-6-14(13)17-11(19)10-8(15)7-9(16)12(20)18(10)14/h7H,3-6,16H2,1-2H3,(H,17,19). The fourth-order valence-corrected chi connectivity index (χ4v) is 3.91. The highest BCUT2D eigenvalue weighted by atomic mass is 35.5. The van der Waals surface area contributed by atoms with Gasteiger partial charge in [0.1, 0.15) is 11.4 Å². The molecule has 2 heterocycles. The van der Waals surface area contributed by atoms with Crippen LogP contribution in [0.5, 0.6) is 0 Å². The van der Waals surface area contributed by atoms with Crippen molar-refractivity contribution in [2.24, 2.45) is 5.41 Å². The zero-order chi connectivity index (χ0) is 14.7. The van der Waals surface area contributed by atoms with Crippen LogP contribution in [0, 0.1) is 5.41 Å². The Morgan fingerprint density at radius 2 is 1.95 bits per heavy atom. The van der Waals surface area contributed by atoms with E-state index in [1.165, 1.54) is 10.6 Å². The van der Waals surface area contributed by atoms with Crippen molar-refractivity contribution in [3.63, 3.8) is 0 Å². The largest absolute Gasteiger partial charge is 0.394 e. The SMILES string of the molecule is CC1(C)CCCCC12NC(=O)c1c(Cl)cc(N)c(=O)n12. The quantitative estimate of drug-likeness (QED) is 0.769. The van der Waals surface area contributed by atoms with E-state index in [9.17, 15) is 9.59 Å². The minimum absolute atomic E-state index is 0.0796. The highest BCUT2D eigenvalue weighted by molar-refractivity contribution is 6.34. The van der Waals surface area contributed by atoms with Crippen LogP contribution < -0.4 is 16.6 Å².